The van der Waals surface area contributed by atoms with E-state index in [0.717, 1.165) is 13.0 Å². The molecule has 0 aliphatic rings. The standard InChI is InChI=1S/C15H23NO2/c1-11(14-7-5-4-6-8-14)9-10-16-13(3)12(2)15(17)18/h4-8,11-13,16H,9-10H2,1-3H3,(H,17,18). The molecule has 0 saturated carbocycles. The van der Waals surface area contributed by atoms with E-state index >= 15 is 0 Å². The van der Waals surface area contributed by atoms with Crippen molar-refractivity contribution in [3.8, 4) is 0 Å². The molecule has 1 aromatic rings. The third-order valence-corrected chi connectivity index (χ3v) is 3.55. The average Bonchev–Trinajstić information content (AvgIpc) is 2.38. The predicted molar refractivity (Wildman–Crippen MR) is 73.7 cm³/mol. The Morgan fingerprint density at radius 3 is 2.39 bits per heavy atom. The van der Waals surface area contributed by atoms with Crippen LogP contribution in [0, 0.1) is 5.92 Å². The van der Waals surface area contributed by atoms with E-state index in [9.17, 15) is 4.79 Å². The van der Waals surface area contributed by atoms with E-state index in [0.29, 0.717) is 5.92 Å². The number of rotatable bonds is 7. The summed E-state index contributed by atoms with van der Waals surface area (Å²) in [6.45, 7) is 6.70. The van der Waals surface area contributed by atoms with Gasteiger partial charge in [0.1, 0.15) is 0 Å². The van der Waals surface area contributed by atoms with Crippen LogP contribution in [0.4, 0.5) is 0 Å². The van der Waals surface area contributed by atoms with Crippen LogP contribution in [0.25, 0.3) is 0 Å². The number of benzene rings is 1. The lowest BCUT2D eigenvalue weighted by Crippen LogP contribution is -2.37. The number of aliphatic carboxylic acids is 1. The molecule has 0 aliphatic heterocycles. The fourth-order valence-electron chi connectivity index (χ4n) is 1.87. The molecule has 1 rings (SSSR count). The van der Waals surface area contributed by atoms with Crippen LogP contribution in [-0.4, -0.2) is 23.7 Å². The van der Waals surface area contributed by atoms with E-state index in [4.69, 9.17) is 5.11 Å². The number of carboxylic acid groups (broad SMARTS) is 1. The van der Waals surface area contributed by atoms with Crippen LogP contribution < -0.4 is 5.32 Å². The number of carbonyl (C=O) groups is 1. The van der Waals surface area contributed by atoms with Crippen molar-refractivity contribution in [2.75, 3.05) is 6.54 Å². The largest absolute Gasteiger partial charge is 0.481 e. The van der Waals surface area contributed by atoms with Crippen molar-refractivity contribution in [1.82, 2.24) is 5.32 Å². The normalized spacial score (nSPS) is 15.9. The molecule has 3 unspecified atom stereocenters. The summed E-state index contributed by atoms with van der Waals surface area (Å²) >= 11 is 0. The van der Waals surface area contributed by atoms with Crippen molar-refractivity contribution < 1.29 is 9.90 Å². The van der Waals surface area contributed by atoms with Crippen molar-refractivity contribution in [3.63, 3.8) is 0 Å². The lowest BCUT2D eigenvalue weighted by atomic mass is 9.97. The van der Waals surface area contributed by atoms with E-state index in [2.05, 4.69) is 24.4 Å². The Balaban J connectivity index is 2.32. The number of nitrogens with one attached hydrogen (secondary N) is 1. The van der Waals surface area contributed by atoms with Crippen LogP contribution in [-0.2, 0) is 4.79 Å². The number of hydrogen-bond donors (Lipinski definition) is 2. The lowest BCUT2D eigenvalue weighted by Gasteiger charge is -2.19. The first-order valence-electron chi connectivity index (χ1n) is 6.53. The molecule has 3 nitrogen and oxygen atoms in total. The minimum atomic E-state index is -0.744. The summed E-state index contributed by atoms with van der Waals surface area (Å²) in [6, 6.07) is 10.4. The summed E-state index contributed by atoms with van der Waals surface area (Å²) in [6.07, 6.45) is 1.01. The van der Waals surface area contributed by atoms with Gasteiger partial charge in [-0.2, -0.15) is 0 Å². The highest BCUT2D eigenvalue weighted by molar-refractivity contribution is 5.70. The molecule has 1 aromatic carbocycles. The maximum Gasteiger partial charge on any atom is 0.307 e. The zero-order valence-electron chi connectivity index (χ0n) is 11.4. The third-order valence-electron chi connectivity index (χ3n) is 3.55. The summed E-state index contributed by atoms with van der Waals surface area (Å²) in [5, 5.41) is 12.2. The molecule has 3 heteroatoms. The number of carboxylic acids is 1. The second kappa shape index (κ2) is 7.17. The molecule has 0 heterocycles. The smallest absolute Gasteiger partial charge is 0.307 e. The van der Waals surface area contributed by atoms with Crippen LogP contribution in [0.5, 0.6) is 0 Å². The molecule has 2 N–H and O–H groups in total. The molecule has 0 amide bonds. The zero-order valence-corrected chi connectivity index (χ0v) is 11.4. The Kier molecular flexibility index (Phi) is 5.86. The minimum absolute atomic E-state index is 0.00507. The average molecular weight is 249 g/mol. The van der Waals surface area contributed by atoms with Crippen LogP contribution >= 0.6 is 0 Å². The fourth-order valence-corrected chi connectivity index (χ4v) is 1.87. The molecule has 0 fully saturated rings. The Bertz CT molecular complexity index is 364. The Morgan fingerprint density at radius 1 is 1.22 bits per heavy atom. The van der Waals surface area contributed by atoms with Crippen molar-refractivity contribution in [3.05, 3.63) is 35.9 Å². The maximum atomic E-state index is 10.8. The third kappa shape index (κ3) is 4.49. The van der Waals surface area contributed by atoms with Gasteiger partial charge in [-0.3, -0.25) is 4.79 Å². The lowest BCUT2D eigenvalue weighted by molar-refractivity contribution is -0.141. The Labute approximate surface area is 109 Å². The van der Waals surface area contributed by atoms with E-state index in [1.54, 1.807) is 6.92 Å². The summed E-state index contributed by atoms with van der Waals surface area (Å²) in [5.74, 6) is -0.603. The molecular weight excluding hydrogens is 226 g/mol. The monoisotopic (exact) mass is 249 g/mol. The SMILES string of the molecule is CC(CCNC(C)C(C)C(=O)O)c1ccccc1. The summed E-state index contributed by atoms with van der Waals surface area (Å²) in [4.78, 5) is 10.8. The van der Waals surface area contributed by atoms with Crippen LogP contribution in [0.15, 0.2) is 30.3 Å². The van der Waals surface area contributed by atoms with Gasteiger partial charge in [0, 0.05) is 6.04 Å². The first-order valence-corrected chi connectivity index (χ1v) is 6.53. The predicted octanol–water partition coefficient (Wildman–Crippen LogP) is 2.88. The summed E-state index contributed by atoms with van der Waals surface area (Å²) < 4.78 is 0. The minimum Gasteiger partial charge on any atom is -0.481 e. The first kappa shape index (κ1) is 14.7. The van der Waals surface area contributed by atoms with Crippen molar-refractivity contribution in [2.45, 2.75) is 39.2 Å². The van der Waals surface area contributed by atoms with Crippen LogP contribution in [0.1, 0.15) is 38.7 Å². The Morgan fingerprint density at radius 2 is 1.83 bits per heavy atom. The fraction of sp³-hybridized carbons (Fsp3) is 0.533. The van der Waals surface area contributed by atoms with Crippen LogP contribution in [0.2, 0.25) is 0 Å². The molecule has 18 heavy (non-hydrogen) atoms. The van der Waals surface area contributed by atoms with Gasteiger partial charge in [-0.1, -0.05) is 44.2 Å². The van der Waals surface area contributed by atoms with Gasteiger partial charge >= 0.3 is 5.97 Å². The van der Waals surface area contributed by atoms with Gasteiger partial charge in [-0.15, -0.1) is 0 Å². The Hall–Kier alpha value is -1.35. The summed E-state index contributed by atoms with van der Waals surface area (Å²) in [5.41, 5.74) is 1.33. The second-order valence-corrected chi connectivity index (χ2v) is 4.97. The van der Waals surface area contributed by atoms with E-state index < -0.39 is 5.97 Å². The van der Waals surface area contributed by atoms with Gasteiger partial charge in [-0.05, 0) is 31.4 Å². The van der Waals surface area contributed by atoms with Crippen molar-refractivity contribution in [1.29, 1.82) is 0 Å². The highest BCUT2D eigenvalue weighted by atomic mass is 16.4. The van der Waals surface area contributed by atoms with E-state index in [-0.39, 0.29) is 12.0 Å². The maximum absolute atomic E-state index is 10.8. The van der Waals surface area contributed by atoms with Gasteiger partial charge < -0.3 is 10.4 Å². The second-order valence-electron chi connectivity index (χ2n) is 4.97. The quantitative estimate of drug-likeness (QED) is 0.781. The van der Waals surface area contributed by atoms with Crippen molar-refractivity contribution >= 4 is 5.97 Å². The molecule has 100 valence electrons. The molecule has 0 bridgehead atoms. The van der Waals surface area contributed by atoms with E-state index in [1.165, 1.54) is 5.56 Å². The zero-order chi connectivity index (χ0) is 13.5. The van der Waals surface area contributed by atoms with Gasteiger partial charge in [0.05, 0.1) is 5.92 Å². The highest BCUT2D eigenvalue weighted by Gasteiger charge is 2.18. The molecular formula is C15H23NO2. The van der Waals surface area contributed by atoms with Crippen molar-refractivity contribution in [2.24, 2.45) is 5.92 Å². The molecule has 0 spiro atoms. The molecule has 3 atom stereocenters. The van der Waals surface area contributed by atoms with Crippen LogP contribution in [0.3, 0.4) is 0 Å². The van der Waals surface area contributed by atoms with Gasteiger partial charge in [0.25, 0.3) is 0 Å². The molecule has 0 saturated heterocycles. The van der Waals surface area contributed by atoms with Gasteiger partial charge in [-0.25, -0.2) is 0 Å². The topological polar surface area (TPSA) is 49.3 Å². The number of hydrogen-bond acceptors (Lipinski definition) is 2. The molecule has 0 radical (unpaired) electrons. The van der Waals surface area contributed by atoms with Gasteiger partial charge in [0.2, 0.25) is 0 Å². The first-order chi connectivity index (χ1) is 8.52. The molecule has 0 aromatic heterocycles. The van der Waals surface area contributed by atoms with E-state index in [1.807, 2.05) is 25.1 Å². The summed E-state index contributed by atoms with van der Waals surface area (Å²) in [7, 11) is 0. The highest BCUT2D eigenvalue weighted by Crippen LogP contribution is 2.17. The van der Waals surface area contributed by atoms with Gasteiger partial charge in [0.15, 0.2) is 0 Å². The molecule has 0 aliphatic carbocycles.